The number of hydrogen-bond acceptors (Lipinski definition) is 2. The number of nitrogens with one attached hydrogen (secondary N) is 1. The fraction of sp³-hybridized carbons (Fsp3) is 0.375. The van der Waals surface area contributed by atoms with Crippen molar-refractivity contribution in [3.05, 3.63) is 19.2 Å². The normalized spacial score (nSPS) is 12.6. The van der Waals surface area contributed by atoms with Gasteiger partial charge in [-0.15, -0.1) is 22.9 Å². The van der Waals surface area contributed by atoms with Gasteiger partial charge in [-0.25, -0.2) is 0 Å². The number of hydrogen-bond donors (Lipinski definition) is 1. The first-order chi connectivity index (χ1) is 6.50. The number of amides is 1. The van der Waals surface area contributed by atoms with Crippen LogP contribution in [0.5, 0.6) is 0 Å². The fourth-order valence-electron chi connectivity index (χ4n) is 0.779. The molecule has 14 heavy (non-hydrogen) atoms. The first-order valence-corrected chi connectivity index (χ1v) is 6.71. The Morgan fingerprint density at radius 2 is 2.36 bits per heavy atom. The lowest BCUT2D eigenvalue weighted by molar-refractivity contribution is 0.0958. The summed E-state index contributed by atoms with van der Waals surface area (Å²) in [6, 6.07) is 1.78. The van der Waals surface area contributed by atoms with Crippen molar-refractivity contribution in [2.45, 2.75) is 12.3 Å². The van der Waals surface area contributed by atoms with Crippen LogP contribution in [0.15, 0.2) is 14.3 Å². The summed E-state index contributed by atoms with van der Waals surface area (Å²) in [7, 11) is 0. The van der Waals surface area contributed by atoms with Crippen LogP contribution in [0.25, 0.3) is 0 Å². The van der Waals surface area contributed by atoms with Crippen molar-refractivity contribution in [1.29, 1.82) is 0 Å². The molecule has 6 heteroatoms. The van der Waals surface area contributed by atoms with E-state index < -0.39 is 0 Å². The van der Waals surface area contributed by atoms with Crippen molar-refractivity contribution < 1.29 is 4.79 Å². The molecule has 1 amide bonds. The first-order valence-electron chi connectivity index (χ1n) is 3.88. The summed E-state index contributed by atoms with van der Waals surface area (Å²) in [6.45, 7) is 2.32. The Bertz CT molecular complexity index is 321. The van der Waals surface area contributed by atoms with Crippen molar-refractivity contribution in [2.75, 3.05) is 6.54 Å². The highest BCUT2D eigenvalue weighted by Crippen LogP contribution is 2.32. The highest BCUT2D eigenvalue weighted by molar-refractivity contribution is 9.13. The van der Waals surface area contributed by atoms with E-state index in [1.807, 2.05) is 6.92 Å². The maximum atomic E-state index is 11.5. The minimum absolute atomic E-state index is 0.0502. The Morgan fingerprint density at radius 1 is 1.71 bits per heavy atom. The first kappa shape index (κ1) is 12.5. The predicted molar refractivity (Wildman–Crippen MR) is 67.4 cm³/mol. The Hall–Kier alpha value is 0.420. The maximum absolute atomic E-state index is 11.5. The van der Waals surface area contributed by atoms with Gasteiger partial charge in [-0.3, -0.25) is 4.79 Å². The third-order valence-corrected chi connectivity index (χ3v) is 4.82. The lowest BCUT2D eigenvalue weighted by atomic mass is 10.4. The number of alkyl halides is 1. The van der Waals surface area contributed by atoms with Crippen LogP contribution in [0.1, 0.15) is 16.6 Å². The molecule has 0 saturated carbocycles. The summed E-state index contributed by atoms with van der Waals surface area (Å²) in [4.78, 5) is 12.2. The third kappa shape index (κ3) is 3.53. The number of rotatable bonds is 3. The van der Waals surface area contributed by atoms with Gasteiger partial charge in [-0.2, -0.15) is 0 Å². The minimum atomic E-state index is -0.0890. The van der Waals surface area contributed by atoms with Crippen LogP contribution in [-0.4, -0.2) is 17.8 Å². The fourth-order valence-corrected chi connectivity index (χ4v) is 2.81. The molecular formula is C8H8Br2ClNOS. The second kappa shape index (κ2) is 5.49. The van der Waals surface area contributed by atoms with E-state index in [1.54, 1.807) is 6.07 Å². The quantitative estimate of drug-likeness (QED) is 0.819. The van der Waals surface area contributed by atoms with Gasteiger partial charge in [0, 0.05) is 16.4 Å². The Kier molecular flexibility index (Phi) is 4.90. The van der Waals surface area contributed by atoms with Gasteiger partial charge in [0.25, 0.3) is 5.91 Å². The standard InChI is InChI=1S/C8H8Br2ClNOS/c1-4(11)3-12-8(13)6-2-5(9)7(10)14-6/h2,4H,3H2,1H3,(H,12,13). The van der Waals surface area contributed by atoms with Crippen LogP contribution in [0, 0.1) is 0 Å². The van der Waals surface area contributed by atoms with E-state index >= 15 is 0 Å². The largest absolute Gasteiger partial charge is 0.350 e. The van der Waals surface area contributed by atoms with E-state index in [0.29, 0.717) is 11.4 Å². The molecule has 1 rings (SSSR count). The molecule has 0 saturated heterocycles. The molecule has 1 N–H and O–H groups in total. The SMILES string of the molecule is CC(Cl)CNC(=O)c1cc(Br)c(Br)s1. The van der Waals surface area contributed by atoms with E-state index in [-0.39, 0.29) is 11.3 Å². The third-order valence-electron chi connectivity index (χ3n) is 1.41. The van der Waals surface area contributed by atoms with E-state index in [9.17, 15) is 4.79 Å². The van der Waals surface area contributed by atoms with Gasteiger partial charge in [-0.1, -0.05) is 0 Å². The smallest absolute Gasteiger partial charge is 0.261 e. The van der Waals surface area contributed by atoms with Crippen molar-refractivity contribution in [2.24, 2.45) is 0 Å². The van der Waals surface area contributed by atoms with Crippen molar-refractivity contribution in [3.63, 3.8) is 0 Å². The van der Waals surface area contributed by atoms with E-state index in [2.05, 4.69) is 37.2 Å². The van der Waals surface area contributed by atoms with Gasteiger partial charge in [0.1, 0.15) is 0 Å². The second-order valence-electron chi connectivity index (χ2n) is 2.72. The molecule has 0 bridgehead atoms. The van der Waals surface area contributed by atoms with Gasteiger partial charge in [0.2, 0.25) is 0 Å². The van der Waals surface area contributed by atoms with Crippen LogP contribution in [0.3, 0.4) is 0 Å². The Balaban J connectivity index is 2.61. The molecule has 1 aromatic rings. The van der Waals surface area contributed by atoms with Gasteiger partial charge in [0.05, 0.1) is 8.66 Å². The molecule has 1 aromatic heterocycles. The zero-order chi connectivity index (χ0) is 10.7. The van der Waals surface area contributed by atoms with Crippen LogP contribution in [0.2, 0.25) is 0 Å². The number of thiophene rings is 1. The second-order valence-corrected chi connectivity index (χ2v) is 6.69. The van der Waals surface area contributed by atoms with Gasteiger partial charge in [0.15, 0.2) is 0 Å². The average Bonchev–Trinajstić information content (AvgIpc) is 2.43. The maximum Gasteiger partial charge on any atom is 0.261 e. The number of halogens is 3. The van der Waals surface area contributed by atoms with Crippen LogP contribution in [-0.2, 0) is 0 Å². The lowest BCUT2D eigenvalue weighted by Crippen LogP contribution is -2.27. The molecule has 1 atom stereocenters. The zero-order valence-electron chi connectivity index (χ0n) is 7.31. The summed E-state index contributed by atoms with van der Waals surface area (Å²) >= 11 is 13.8. The summed E-state index contributed by atoms with van der Waals surface area (Å²) in [5.41, 5.74) is 0. The molecular weight excluding hydrogens is 353 g/mol. The van der Waals surface area contributed by atoms with Gasteiger partial charge >= 0.3 is 0 Å². The monoisotopic (exact) mass is 359 g/mol. The topological polar surface area (TPSA) is 29.1 Å². The highest BCUT2D eigenvalue weighted by Gasteiger charge is 2.11. The molecule has 0 fully saturated rings. The van der Waals surface area contributed by atoms with E-state index in [1.165, 1.54) is 11.3 Å². The van der Waals surface area contributed by atoms with Gasteiger partial charge < -0.3 is 5.32 Å². The molecule has 2 nitrogen and oxygen atoms in total. The van der Waals surface area contributed by atoms with Crippen molar-refractivity contribution >= 4 is 60.7 Å². The predicted octanol–water partition coefficient (Wildman–Crippen LogP) is 3.63. The molecule has 1 heterocycles. The summed E-state index contributed by atoms with van der Waals surface area (Å²) in [5.74, 6) is -0.0890. The summed E-state index contributed by atoms with van der Waals surface area (Å²) in [6.07, 6.45) is 0. The van der Waals surface area contributed by atoms with E-state index in [0.717, 1.165) is 8.26 Å². The van der Waals surface area contributed by atoms with Crippen molar-refractivity contribution in [1.82, 2.24) is 5.32 Å². The lowest BCUT2D eigenvalue weighted by Gasteiger charge is -2.03. The average molecular weight is 361 g/mol. The summed E-state index contributed by atoms with van der Waals surface area (Å²) < 4.78 is 1.81. The molecule has 0 radical (unpaired) electrons. The highest BCUT2D eigenvalue weighted by atomic mass is 79.9. The molecule has 0 aliphatic heterocycles. The molecule has 0 aromatic carbocycles. The molecule has 0 aliphatic rings. The number of carbonyl (C=O) groups is 1. The van der Waals surface area contributed by atoms with E-state index in [4.69, 9.17) is 11.6 Å². The van der Waals surface area contributed by atoms with Gasteiger partial charge in [-0.05, 0) is 44.8 Å². The zero-order valence-corrected chi connectivity index (χ0v) is 12.1. The molecule has 1 unspecified atom stereocenters. The van der Waals surface area contributed by atoms with Crippen molar-refractivity contribution in [3.8, 4) is 0 Å². The van der Waals surface area contributed by atoms with Crippen LogP contribution < -0.4 is 5.32 Å². The Morgan fingerprint density at radius 3 is 2.79 bits per heavy atom. The van der Waals surface area contributed by atoms with Crippen LogP contribution >= 0.6 is 54.8 Å². The number of carbonyl (C=O) groups excluding carboxylic acids is 1. The molecule has 0 aliphatic carbocycles. The molecule has 0 spiro atoms. The minimum Gasteiger partial charge on any atom is -0.350 e. The Labute approximate surface area is 108 Å². The summed E-state index contributed by atoms with van der Waals surface area (Å²) in [5, 5.41) is 2.69. The molecule has 78 valence electrons. The van der Waals surface area contributed by atoms with Crippen LogP contribution in [0.4, 0.5) is 0 Å².